The Hall–Kier alpha value is -1.63. The van der Waals surface area contributed by atoms with Crippen molar-refractivity contribution in [2.24, 2.45) is 0 Å². The monoisotopic (exact) mass is 309 g/mol. The van der Waals surface area contributed by atoms with Crippen LogP contribution in [0.15, 0.2) is 11.2 Å². The molecule has 1 unspecified atom stereocenters. The number of nitrogens with zero attached hydrogens (tertiary/aromatic N) is 3. The number of aryl methyl sites for hydroxylation is 2. The Labute approximate surface area is 128 Å². The molecule has 0 aromatic carbocycles. The van der Waals surface area contributed by atoms with Gasteiger partial charge in [-0.05, 0) is 39.2 Å². The Kier molecular flexibility index (Phi) is 5.17. The number of likely N-dealkylation sites (tertiary alicyclic amines) is 1. The van der Waals surface area contributed by atoms with E-state index in [1.165, 1.54) is 16.7 Å². The Morgan fingerprint density at radius 3 is 2.62 bits per heavy atom. The molecule has 1 N–H and O–H groups in total. The fraction of sp³-hybridized carbons (Fsp3) is 0.571. The van der Waals surface area contributed by atoms with E-state index in [0.717, 1.165) is 24.2 Å². The summed E-state index contributed by atoms with van der Waals surface area (Å²) in [6.45, 7) is 4.28. The van der Waals surface area contributed by atoms with Crippen LogP contribution in [0.25, 0.3) is 0 Å². The number of hydrogen-bond donors (Lipinski definition) is 1. The molecule has 1 atom stereocenters. The molecule has 1 aromatic heterocycles. The molecule has 1 aliphatic rings. The SMILES string of the molecule is Cc1cc(C)nc(SCC(=O)N2CCCCC2C(=O)O)n1. The molecule has 0 saturated carbocycles. The van der Waals surface area contributed by atoms with Gasteiger partial charge in [0, 0.05) is 17.9 Å². The first kappa shape index (κ1) is 15.8. The molecule has 6 nitrogen and oxygen atoms in total. The number of carbonyl (C=O) groups excluding carboxylic acids is 1. The molecule has 114 valence electrons. The molecule has 0 spiro atoms. The largest absolute Gasteiger partial charge is 0.480 e. The van der Waals surface area contributed by atoms with E-state index in [1.54, 1.807) is 0 Å². The third-order valence-corrected chi connectivity index (χ3v) is 4.23. The maximum absolute atomic E-state index is 12.2. The molecule has 7 heteroatoms. The van der Waals surface area contributed by atoms with E-state index in [9.17, 15) is 14.7 Å². The lowest BCUT2D eigenvalue weighted by Crippen LogP contribution is -2.48. The van der Waals surface area contributed by atoms with Crippen molar-refractivity contribution >= 4 is 23.6 Å². The van der Waals surface area contributed by atoms with Crippen molar-refractivity contribution in [1.82, 2.24) is 14.9 Å². The van der Waals surface area contributed by atoms with Gasteiger partial charge in [-0.1, -0.05) is 11.8 Å². The number of piperidine rings is 1. The number of amides is 1. The van der Waals surface area contributed by atoms with Crippen LogP contribution in [-0.2, 0) is 9.59 Å². The second-order valence-corrected chi connectivity index (χ2v) is 6.10. The summed E-state index contributed by atoms with van der Waals surface area (Å²) in [6.07, 6.45) is 2.25. The van der Waals surface area contributed by atoms with Gasteiger partial charge < -0.3 is 10.0 Å². The van der Waals surface area contributed by atoms with Gasteiger partial charge in [-0.25, -0.2) is 14.8 Å². The van der Waals surface area contributed by atoms with Crippen LogP contribution in [0.5, 0.6) is 0 Å². The number of aliphatic carboxylic acids is 1. The number of hydrogen-bond acceptors (Lipinski definition) is 5. The standard InChI is InChI=1S/C14H19N3O3S/c1-9-7-10(2)16-14(15-9)21-8-12(18)17-6-4-3-5-11(17)13(19)20/h7,11H,3-6,8H2,1-2H3,(H,19,20). The summed E-state index contributed by atoms with van der Waals surface area (Å²) in [6, 6.07) is 1.18. The summed E-state index contributed by atoms with van der Waals surface area (Å²) >= 11 is 1.26. The number of aromatic nitrogens is 2. The molecule has 2 rings (SSSR count). The van der Waals surface area contributed by atoms with Gasteiger partial charge in [0.2, 0.25) is 5.91 Å². The fourth-order valence-corrected chi connectivity index (χ4v) is 3.29. The highest BCUT2D eigenvalue weighted by Crippen LogP contribution is 2.20. The van der Waals surface area contributed by atoms with Crippen LogP contribution in [-0.4, -0.2) is 50.2 Å². The Bertz CT molecular complexity index is 530. The molecule has 1 fully saturated rings. The molecule has 21 heavy (non-hydrogen) atoms. The topological polar surface area (TPSA) is 83.4 Å². The summed E-state index contributed by atoms with van der Waals surface area (Å²) in [5.41, 5.74) is 1.72. The number of carboxylic acids is 1. The van der Waals surface area contributed by atoms with Crippen LogP contribution < -0.4 is 0 Å². The second-order valence-electron chi connectivity index (χ2n) is 5.16. The summed E-state index contributed by atoms with van der Waals surface area (Å²) in [5, 5.41) is 9.75. The van der Waals surface area contributed by atoms with Gasteiger partial charge in [0.25, 0.3) is 0 Å². The van der Waals surface area contributed by atoms with Crippen LogP contribution in [0, 0.1) is 13.8 Å². The van der Waals surface area contributed by atoms with Gasteiger partial charge in [0.05, 0.1) is 5.75 Å². The minimum atomic E-state index is -0.921. The molecule has 1 saturated heterocycles. The molecular weight excluding hydrogens is 290 g/mol. The lowest BCUT2D eigenvalue weighted by Gasteiger charge is -2.32. The highest BCUT2D eigenvalue weighted by molar-refractivity contribution is 7.99. The quantitative estimate of drug-likeness (QED) is 0.672. The Balaban J connectivity index is 1.98. The second kappa shape index (κ2) is 6.89. The zero-order valence-corrected chi connectivity index (χ0v) is 13.0. The highest BCUT2D eigenvalue weighted by Gasteiger charge is 2.31. The van der Waals surface area contributed by atoms with Crippen LogP contribution in [0.3, 0.4) is 0 Å². The number of thioether (sulfide) groups is 1. The number of carbonyl (C=O) groups is 2. The molecule has 0 radical (unpaired) electrons. The molecule has 2 heterocycles. The van der Waals surface area contributed by atoms with E-state index >= 15 is 0 Å². The van der Waals surface area contributed by atoms with Gasteiger partial charge >= 0.3 is 5.97 Å². The lowest BCUT2D eigenvalue weighted by atomic mass is 10.0. The predicted octanol–water partition coefficient (Wildman–Crippen LogP) is 1.65. The van der Waals surface area contributed by atoms with Crippen molar-refractivity contribution in [1.29, 1.82) is 0 Å². The van der Waals surface area contributed by atoms with E-state index < -0.39 is 12.0 Å². The van der Waals surface area contributed by atoms with Crippen molar-refractivity contribution in [3.63, 3.8) is 0 Å². The zero-order valence-electron chi connectivity index (χ0n) is 12.2. The third-order valence-electron chi connectivity index (χ3n) is 3.39. The maximum atomic E-state index is 12.2. The average Bonchev–Trinajstić information content (AvgIpc) is 2.43. The van der Waals surface area contributed by atoms with Gasteiger partial charge in [-0.2, -0.15) is 0 Å². The summed E-state index contributed by atoms with van der Waals surface area (Å²) in [4.78, 5) is 33.5. The predicted molar refractivity (Wildman–Crippen MR) is 79.2 cm³/mol. The number of rotatable bonds is 4. The van der Waals surface area contributed by atoms with Gasteiger partial charge in [-0.15, -0.1) is 0 Å². The summed E-state index contributed by atoms with van der Waals surface area (Å²) < 4.78 is 0. The van der Waals surface area contributed by atoms with Crippen LogP contribution in [0.1, 0.15) is 30.7 Å². The molecule has 1 aromatic rings. The molecular formula is C14H19N3O3S. The fourth-order valence-electron chi connectivity index (χ4n) is 2.45. The zero-order chi connectivity index (χ0) is 15.4. The normalized spacial score (nSPS) is 18.6. The van der Waals surface area contributed by atoms with Crippen LogP contribution in [0.2, 0.25) is 0 Å². The van der Waals surface area contributed by atoms with E-state index in [0.29, 0.717) is 18.1 Å². The van der Waals surface area contributed by atoms with Crippen molar-refractivity contribution < 1.29 is 14.7 Å². The minimum absolute atomic E-state index is 0.158. The first-order valence-electron chi connectivity index (χ1n) is 6.94. The Morgan fingerprint density at radius 1 is 1.33 bits per heavy atom. The van der Waals surface area contributed by atoms with Gasteiger partial charge in [-0.3, -0.25) is 4.79 Å². The van der Waals surface area contributed by atoms with E-state index in [1.807, 2.05) is 19.9 Å². The third kappa shape index (κ3) is 4.17. The minimum Gasteiger partial charge on any atom is -0.480 e. The van der Waals surface area contributed by atoms with Crippen molar-refractivity contribution in [3.05, 3.63) is 17.5 Å². The van der Waals surface area contributed by atoms with Gasteiger partial charge in [0.15, 0.2) is 5.16 Å². The van der Waals surface area contributed by atoms with E-state index in [2.05, 4.69) is 9.97 Å². The van der Waals surface area contributed by atoms with Gasteiger partial charge in [0.1, 0.15) is 6.04 Å². The van der Waals surface area contributed by atoms with Crippen LogP contribution >= 0.6 is 11.8 Å². The molecule has 1 aliphatic heterocycles. The van der Waals surface area contributed by atoms with Crippen molar-refractivity contribution in [2.75, 3.05) is 12.3 Å². The van der Waals surface area contributed by atoms with Crippen molar-refractivity contribution in [2.45, 2.75) is 44.3 Å². The van der Waals surface area contributed by atoms with Crippen LogP contribution in [0.4, 0.5) is 0 Å². The Morgan fingerprint density at radius 2 is 2.00 bits per heavy atom. The molecule has 0 aliphatic carbocycles. The van der Waals surface area contributed by atoms with E-state index in [-0.39, 0.29) is 11.7 Å². The lowest BCUT2D eigenvalue weighted by molar-refractivity contribution is -0.150. The summed E-state index contributed by atoms with van der Waals surface area (Å²) in [7, 11) is 0. The smallest absolute Gasteiger partial charge is 0.326 e. The number of carboxylic acid groups (broad SMARTS) is 1. The summed E-state index contributed by atoms with van der Waals surface area (Å²) in [5.74, 6) is -0.905. The molecule has 0 bridgehead atoms. The van der Waals surface area contributed by atoms with Crippen molar-refractivity contribution in [3.8, 4) is 0 Å². The molecule has 1 amide bonds. The average molecular weight is 309 g/mol. The highest BCUT2D eigenvalue weighted by atomic mass is 32.2. The first-order chi connectivity index (χ1) is 9.97. The first-order valence-corrected chi connectivity index (χ1v) is 7.93. The van der Waals surface area contributed by atoms with E-state index in [4.69, 9.17) is 0 Å². The maximum Gasteiger partial charge on any atom is 0.326 e.